The van der Waals surface area contributed by atoms with E-state index in [1.54, 1.807) is 18.2 Å². The summed E-state index contributed by atoms with van der Waals surface area (Å²) in [5.41, 5.74) is 3.92. The van der Waals surface area contributed by atoms with E-state index in [9.17, 15) is 9.18 Å². The van der Waals surface area contributed by atoms with Crippen LogP contribution in [-0.2, 0) is 6.61 Å². The van der Waals surface area contributed by atoms with Gasteiger partial charge in [-0.1, -0.05) is 17.7 Å². The minimum atomic E-state index is -0.540. The number of benzene rings is 3. The molecule has 0 unspecified atom stereocenters. The molecule has 6 heteroatoms. The van der Waals surface area contributed by atoms with Gasteiger partial charge in [-0.15, -0.1) is 0 Å². The highest BCUT2D eigenvalue weighted by Crippen LogP contribution is 2.25. The van der Waals surface area contributed by atoms with Crippen molar-refractivity contribution in [1.82, 2.24) is 0 Å². The lowest BCUT2D eigenvalue weighted by atomic mass is 10.1. The number of hydrogen-bond acceptors (Lipinski definition) is 3. The van der Waals surface area contributed by atoms with Crippen molar-refractivity contribution in [2.24, 2.45) is 0 Å². The van der Waals surface area contributed by atoms with Crippen LogP contribution >= 0.6 is 11.6 Å². The summed E-state index contributed by atoms with van der Waals surface area (Å²) in [6, 6.07) is 15.1. The molecule has 3 aromatic rings. The molecule has 156 valence electrons. The van der Waals surface area contributed by atoms with E-state index >= 15 is 0 Å². The van der Waals surface area contributed by atoms with Crippen molar-refractivity contribution in [2.45, 2.75) is 27.4 Å². The first-order valence-electron chi connectivity index (χ1n) is 9.59. The Bertz CT molecular complexity index is 1070. The number of halogens is 2. The van der Waals surface area contributed by atoms with Crippen LogP contribution in [0.15, 0.2) is 54.6 Å². The Labute approximate surface area is 180 Å². The number of anilines is 1. The van der Waals surface area contributed by atoms with Crippen molar-refractivity contribution in [2.75, 3.05) is 11.9 Å². The van der Waals surface area contributed by atoms with Crippen molar-refractivity contribution in [3.05, 3.63) is 87.7 Å². The number of amides is 1. The van der Waals surface area contributed by atoms with E-state index in [1.807, 2.05) is 39.0 Å². The van der Waals surface area contributed by atoms with Gasteiger partial charge in [0.2, 0.25) is 0 Å². The van der Waals surface area contributed by atoms with Crippen LogP contribution in [0.3, 0.4) is 0 Å². The summed E-state index contributed by atoms with van der Waals surface area (Å²) >= 11 is 5.78. The Hall–Kier alpha value is -3.05. The van der Waals surface area contributed by atoms with Gasteiger partial charge >= 0.3 is 0 Å². The smallest absolute Gasteiger partial charge is 0.255 e. The second kappa shape index (κ2) is 9.63. The number of aryl methyl sites for hydroxylation is 2. The van der Waals surface area contributed by atoms with Gasteiger partial charge in [-0.2, -0.15) is 0 Å². The summed E-state index contributed by atoms with van der Waals surface area (Å²) in [4.78, 5) is 12.7. The molecule has 0 spiro atoms. The van der Waals surface area contributed by atoms with E-state index in [0.717, 1.165) is 16.9 Å². The topological polar surface area (TPSA) is 47.6 Å². The summed E-state index contributed by atoms with van der Waals surface area (Å²) in [6.45, 7) is 6.72. The third kappa shape index (κ3) is 5.30. The summed E-state index contributed by atoms with van der Waals surface area (Å²) in [5, 5.41) is 2.67. The molecule has 0 aromatic heterocycles. The minimum absolute atomic E-state index is 0.0537. The normalized spacial score (nSPS) is 10.6. The predicted molar refractivity (Wildman–Crippen MR) is 117 cm³/mol. The highest BCUT2D eigenvalue weighted by atomic mass is 35.5. The van der Waals surface area contributed by atoms with E-state index in [0.29, 0.717) is 23.6 Å². The zero-order valence-electron chi connectivity index (χ0n) is 17.1. The van der Waals surface area contributed by atoms with Crippen LogP contribution in [0, 0.1) is 19.7 Å². The fourth-order valence-corrected chi connectivity index (χ4v) is 3.05. The Morgan fingerprint density at radius 1 is 1.00 bits per heavy atom. The van der Waals surface area contributed by atoms with Crippen LogP contribution in [0.25, 0.3) is 0 Å². The van der Waals surface area contributed by atoms with Gasteiger partial charge in [0, 0.05) is 16.8 Å². The standard InChI is InChI=1S/C24H23ClFNO3/c1-4-29-23-10-6-17(24(28)27-19-7-9-22(26)21(25)13-19)12-18(23)14-30-20-8-5-15(2)16(3)11-20/h5-13H,4,14H2,1-3H3,(H,27,28). The fourth-order valence-electron chi connectivity index (χ4n) is 2.87. The molecular weight excluding hydrogens is 405 g/mol. The van der Waals surface area contributed by atoms with Crippen molar-refractivity contribution in [3.8, 4) is 11.5 Å². The molecule has 4 nitrogen and oxygen atoms in total. The predicted octanol–water partition coefficient (Wildman–Crippen LogP) is 6.33. The van der Waals surface area contributed by atoms with E-state index in [1.165, 1.54) is 23.8 Å². The van der Waals surface area contributed by atoms with Crippen LogP contribution in [-0.4, -0.2) is 12.5 Å². The van der Waals surface area contributed by atoms with Crippen LogP contribution in [0.4, 0.5) is 10.1 Å². The third-order valence-electron chi connectivity index (χ3n) is 4.67. The zero-order chi connectivity index (χ0) is 21.7. The van der Waals surface area contributed by atoms with Crippen molar-refractivity contribution >= 4 is 23.2 Å². The average Bonchev–Trinajstić information content (AvgIpc) is 2.72. The van der Waals surface area contributed by atoms with E-state index in [2.05, 4.69) is 5.32 Å². The second-order valence-corrected chi connectivity index (χ2v) is 7.28. The monoisotopic (exact) mass is 427 g/mol. The molecule has 1 N–H and O–H groups in total. The van der Waals surface area contributed by atoms with Crippen LogP contribution < -0.4 is 14.8 Å². The van der Waals surface area contributed by atoms with Gasteiger partial charge in [-0.25, -0.2) is 4.39 Å². The number of carbonyl (C=O) groups is 1. The number of carbonyl (C=O) groups excluding carboxylic acids is 1. The maximum Gasteiger partial charge on any atom is 0.255 e. The number of nitrogens with one attached hydrogen (secondary N) is 1. The van der Waals surface area contributed by atoms with Crippen molar-refractivity contribution < 1.29 is 18.7 Å². The molecule has 0 aliphatic heterocycles. The number of ether oxygens (including phenoxy) is 2. The zero-order valence-corrected chi connectivity index (χ0v) is 17.8. The Balaban J connectivity index is 1.79. The summed E-state index contributed by atoms with van der Waals surface area (Å²) in [7, 11) is 0. The first kappa shape index (κ1) is 21.7. The van der Waals surface area contributed by atoms with Gasteiger partial charge in [-0.05, 0) is 80.4 Å². The highest BCUT2D eigenvalue weighted by molar-refractivity contribution is 6.31. The van der Waals surface area contributed by atoms with Crippen molar-refractivity contribution in [3.63, 3.8) is 0 Å². The molecular formula is C24H23ClFNO3. The van der Waals surface area contributed by atoms with Gasteiger partial charge in [0.1, 0.15) is 23.9 Å². The number of hydrogen-bond donors (Lipinski definition) is 1. The molecule has 0 bridgehead atoms. The minimum Gasteiger partial charge on any atom is -0.493 e. The lowest BCUT2D eigenvalue weighted by molar-refractivity contribution is 0.102. The lowest BCUT2D eigenvalue weighted by Gasteiger charge is -2.14. The SMILES string of the molecule is CCOc1ccc(C(=O)Nc2ccc(F)c(Cl)c2)cc1COc1ccc(C)c(C)c1. The van der Waals surface area contributed by atoms with Gasteiger partial charge in [0.15, 0.2) is 0 Å². The average molecular weight is 428 g/mol. The molecule has 3 aromatic carbocycles. The first-order chi connectivity index (χ1) is 14.4. The largest absolute Gasteiger partial charge is 0.493 e. The molecule has 0 radical (unpaired) electrons. The quantitative estimate of drug-likeness (QED) is 0.479. The Morgan fingerprint density at radius 3 is 2.50 bits per heavy atom. The molecule has 30 heavy (non-hydrogen) atoms. The highest BCUT2D eigenvalue weighted by Gasteiger charge is 2.13. The Kier molecular flexibility index (Phi) is 6.95. The van der Waals surface area contributed by atoms with E-state index < -0.39 is 5.82 Å². The van der Waals surface area contributed by atoms with E-state index in [-0.39, 0.29) is 17.5 Å². The third-order valence-corrected chi connectivity index (χ3v) is 4.96. The molecule has 0 atom stereocenters. The first-order valence-corrected chi connectivity index (χ1v) is 9.97. The van der Waals surface area contributed by atoms with Crippen molar-refractivity contribution in [1.29, 1.82) is 0 Å². The molecule has 0 aliphatic carbocycles. The van der Waals surface area contributed by atoms with Gasteiger partial charge in [0.25, 0.3) is 5.91 Å². The lowest BCUT2D eigenvalue weighted by Crippen LogP contribution is -2.13. The molecule has 1 amide bonds. The molecule has 0 saturated carbocycles. The fraction of sp³-hybridized carbons (Fsp3) is 0.208. The second-order valence-electron chi connectivity index (χ2n) is 6.87. The summed E-state index contributed by atoms with van der Waals surface area (Å²) < 4.78 is 24.9. The Morgan fingerprint density at radius 2 is 1.80 bits per heavy atom. The van der Waals surface area contributed by atoms with Crippen LogP contribution in [0.5, 0.6) is 11.5 Å². The summed E-state index contributed by atoms with van der Waals surface area (Å²) in [5.74, 6) is 0.522. The molecule has 0 aliphatic rings. The van der Waals surface area contributed by atoms with Crippen LogP contribution in [0.1, 0.15) is 34.0 Å². The molecule has 0 saturated heterocycles. The molecule has 3 rings (SSSR count). The molecule has 0 heterocycles. The summed E-state index contributed by atoms with van der Waals surface area (Å²) in [6.07, 6.45) is 0. The number of rotatable bonds is 7. The van der Waals surface area contributed by atoms with Gasteiger partial charge in [0.05, 0.1) is 11.6 Å². The maximum absolute atomic E-state index is 13.3. The van der Waals surface area contributed by atoms with E-state index in [4.69, 9.17) is 21.1 Å². The van der Waals surface area contributed by atoms with Crippen LogP contribution in [0.2, 0.25) is 5.02 Å². The van der Waals surface area contributed by atoms with Gasteiger partial charge < -0.3 is 14.8 Å². The van der Waals surface area contributed by atoms with Gasteiger partial charge in [-0.3, -0.25) is 4.79 Å². The molecule has 0 fully saturated rings. The maximum atomic E-state index is 13.3.